The highest BCUT2D eigenvalue weighted by molar-refractivity contribution is 5.91. The van der Waals surface area contributed by atoms with Gasteiger partial charge in [-0.15, -0.1) is 0 Å². The molecular formula is C20H24N4O3. The fourth-order valence-electron chi connectivity index (χ4n) is 2.90. The lowest BCUT2D eigenvalue weighted by Gasteiger charge is -2.12. The number of carbonyl (C=O) groups is 1. The number of aromatic nitrogens is 3. The van der Waals surface area contributed by atoms with Crippen LogP contribution in [0.3, 0.4) is 0 Å². The summed E-state index contributed by atoms with van der Waals surface area (Å²) < 4.78 is 11.8. The molecule has 142 valence electrons. The lowest BCUT2D eigenvalue weighted by atomic mass is 10.1. The lowest BCUT2D eigenvalue weighted by molar-refractivity contribution is -0.121. The third-order valence-corrected chi connectivity index (χ3v) is 4.22. The van der Waals surface area contributed by atoms with Gasteiger partial charge in [0.1, 0.15) is 12.4 Å². The molecule has 0 aliphatic heterocycles. The minimum Gasteiger partial charge on any atom is -0.382 e. The van der Waals surface area contributed by atoms with Gasteiger partial charge in [-0.1, -0.05) is 18.2 Å². The Hall–Kier alpha value is -2.77. The normalized spacial score (nSPS) is 11.1. The van der Waals surface area contributed by atoms with E-state index < -0.39 is 0 Å². The molecule has 0 saturated carbocycles. The number of fused-ring (bicyclic) bond motifs is 1. The number of benzene rings is 1. The highest BCUT2D eigenvalue weighted by Crippen LogP contribution is 2.24. The van der Waals surface area contributed by atoms with Gasteiger partial charge in [0.05, 0.1) is 24.4 Å². The number of ether oxygens (including phenoxy) is 2. The number of nitrogens with zero attached hydrogens (tertiary/aromatic N) is 3. The second-order valence-corrected chi connectivity index (χ2v) is 6.44. The molecule has 0 saturated heterocycles. The highest BCUT2D eigenvalue weighted by Gasteiger charge is 2.14. The SMILES string of the molecule is COCCOCC(=O)Nc1cc(C)nn1-c1cc(C)c2cccc(C)c2n1. The summed E-state index contributed by atoms with van der Waals surface area (Å²) in [6, 6.07) is 9.90. The highest BCUT2D eigenvalue weighted by atomic mass is 16.5. The topological polar surface area (TPSA) is 78.3 Å². The van der Waals surface area contributed by atoms with Gasteiger partial charge in [-0.3, -0.25) is 4.79 Å². The van der Waals surface area contributed by atoms with E-state index >= 15 is 0 Å². The van der Waals surface area contributed by atoms with Crippen LogP contribution >= 0.6 is 0 Å². The van der Waals surface area contributed by atoms with Crippen LogP contribution in [-0.4, -0.2) is 47.6 Å². The Morgan fingerprint density at radius 3 is 2.74 bits per heavy atom. The van der Waals surface area contributed by atoms with Crippen LogP contribution in [0.2, 0.25) is 0 Å². The maximum absolute atomic E-state index is 12.2. The maximum atomic E-state index is 12.2. The minimum atomic E-state index is -0.249. The van der Waals surface area contributed by atoms with E-state index in [2.05, 4.69) is 16.5 Å². The van der Waals surface area contributed by atoms with Gasteiger partial charge in [-0.25, -0.2) is 4.98 Å². The molecule has 1 aromatic carbocycles. The van der Waals surface area contributed by atoms with Crippen molar-refractivity contribution in [3.05, 3.63) is 47.2 Å². The quantitative estimate of drug-likeness (QED) is 0.649. The van der Waals surface area contributed by atoms with Crippen molar-refractivity contribution in [1.29, 1.82) is 0 Å². The second kappa shape index (κ2) is 8.28. The predicted molar refractivity (Wildman–Crippen MR) is 104 cm³/mol. The molecule has 7 nitrogen and oxygen atoms in total. The van der Waals surface area contributed by atoms with Gasteiger partial charge < -0.3 is 14.8 Å². The summed E-state index contributed by atoms with van der Waals surface area (Å²) >= 11 is 0. The van der Waals surface area contributed by atoms with Crippen molar-refractivity contribution in [3.63, 3.8) is 0 Å². The van der Waals surface area contributed by atoms with Crippen molar-refractivity contribution < 1.29 is 14.3 Å². The number of pyridine rings is 1. The number of carbonyl (C=O) groups excluding carboxylic acids is 1. The summed E-state index contributed by atoms with van der Waals surface area (Å²) in [4.78, 5) is 16.9. The van der Waals surface area contributed by atoms with E-state index in [4.69, 9.17) is 14.5 Å². The first kappa shape index (κ1) is 19.0. The van der Waals surface area contributed by atoms with Crippen LogP contribution in [0.4, 0.5) is 5.82 Å². The number of anilines is 1. The van der Waals surface area contributed by atoms with E-state index in [1.165, 1.54) is 0 Å². The van der Waals surface area contributed by atoms with Crippen LogP contribution < -0.4 is 5.32 Å². The van der Waals surface area contributed by atoms with Crippen LogP contribution in [0.1, 0.15) is 16.8 Å². The molecule has 0 bridgehead atoms. The fourth-order valence-corrected chi connectivity index (χ4v) is 2.90. The molecule has 0 fully saturated rings. The molecule has 0 atom stereocenters. The van der Waals surface area contributed by atoms with Crippen molar-refractivity contribution in [1.82, 2.24) is 14.8 Å². The van der Waals surface area contributed by atoms with E-state index in [0.29, 0.717) is 24.8 Å². The van der Waals surface area contributed by atoms with Crippen LogP contribution in [-0.2, 0) is 14.3 Å². The zero-order chi connectivity index (χ0) is 19.4. The summed E-state index contributed by atoms with van der Waals surface area (Å²) in [7, 11) is 1.59. The molecule has 2 heterocycles. The molecule has 0 aliphatic rings. The van der Waals surface area contributed by atoms with Gasteiger partial charge >= 0.3 is 0 Å². The molecule has 1 amide bonds. The molecule has 3 aromatic rings. The molecule has 0 aliphatic carbocycles. The fraction of sp³-hybridized carbons (Fsp3) is 0.350. The van der Waals surface area contributed by atoms with Crippen molar-refractivity contribution in [3.8, 4) is 5.82 Å². The minimum absolute atomic E-state index is 0.0448. The van der Waals surface area contributed by atoms with Gasteiger partial charge in [0, 0.05) is 18.6 Å². The monoisotopic (exact) mass is 368 g/mol. The summed E-state index contributed by atoms with van der Waals surface area (Å²) in [5.74, 6) is 0.978. The summed E-state index contributed by atoms with van der Waals surface area (Å²) in [6.45, 7) is 6.73. The van der Waals surface area contributed by atoms with Crippen molar-refractivity contribution in [2.24, 2.45) is 0 Å². The first-order valence-corrected chi connectivity index (χ1v) is 8.80. The van der Waals surface area contributed by atoms with Crippen LogP contribution in [0.15, 0.2) is 30.3 Å². The van der Waals surface area contributed by atoms with E-state index in [-0.39, 0.29) is 12.5 Å². The molecule has 27 heavy (non-hydrogen) atoms. The first-order valence-electron chi connectivity index (χ1n) is 8.80. The standard InChI is InChI=1S/C20H24N4O3/c1-13-6-5-7-16-14(2)10-17(22-20(13)16)24-18(11-15(3)23-24)21-19(25)12-27-9-8-26-4/h5-7,10-11H,8-9,12H2,1-4H3,(H,21,25). The average Bonchev–Trinajstić information content (AvgIpc) is 2.99. The number of methoxy groups -OCH3 is 1. The summed E-state index contributed by atoms with van der Waals surface area (Å²) in [5.41, 5.74) is 3.92. The molecule has 3 rings (SSSR count). The molecular weight excluding hydrogens is 344 g/mol. The number of aryl methyl sites for hydroxylation is 3. The molecule has 0 spiro atoms. The third kappa shape index (κ3) is 4.32. The Balaban J connectivity index is 1.89. The van der Waals surface area contributed by atoms with E-state index in [1.807, 2.05) is 45.0 Å². The van der Waals surface area contributed by atoms with Crippen molar-refractivity contribution >= 4 is 22.6 Å². The molecule has 0 radical (unpaired) electrons. The molecule has 1 N–H and O–H groups in total. The van der Waals surface area contributed by atoms with Gasteiger partial charge in [0.25, 0.3) is 5.91 Å². The predicted octanol–water partition coefficient (Wildman–Crippen LogP) is 2.95. The van der Waals surface area contributed by atoms with Crippen LogP contribution in [0.5, 0.6) is 0 Å². The molecule has 2 aromatic heterocycles. The Labute approximate surface area is 158 Å². The molecule has 7 heteroatoms. The zero-order valence-corrected chi connectivity index (χ0v) is 16.1. The maximum Gasteiger partial charge on any atom is 0.251 e. The largest absolute Gasteiger partial charge is 0.382 e. The Bertz CT molecular complexity index is 965. The Kier molecular flexibility index (Phi) is 5.83. The Morgan fingerprint density at radius 1 is 1.15 bits per heavy atom. The lowest BCUT2D eigenvalue weighted by Crippen LogP contribution is -2.21. The van der Waals surface area contributed by atoms with Gasteiger partial charge in [0.15, 0.2) is 5.82 Å². The first-order chi connectivity index (χ1) is 13.0. The summed E-state index contributed by atoms with van der Waals surface area (Å²) in [6.07, 6.45) is 0. The van der Waals surface area contributed by atoms with E-state index in [0.717, 1.165) is 27.7 Å². The zero-order valence-electron chi connectivity index (χ0n) is 16.1. The summed E-state index contributed by atoms with van der Waals surface area (Å²) in [5, 5.41) is 8.46. The van der Waals surface area contributed by atoms with Crippen molar-refractivity contribution in [2.75, 3.05) is 32.2 Å². The van der Waals surface area contributed by atoms with Gasteiger partial charge in [-0.05, 0) is 38.0 Å². The Morgan fingerprint density at radius 2 is 1.96 bits per heavy atom. The van der Waals surface area contributed by atoms with Gasteiger partial charge in [0.2, 0.25) is 0 Å². The molecule has 0 unspecified atom stereocenters. The van der Waals surface area contributed by atoms with Gasteiger partial charge in [-0.2, -0.15) is 9.78 Å². The number of hydrogen-bond acceptors (Lipinski definition) is 5. The van der Waals surface area contributed by atoms with Crippen molar-refractivity contribution in [2.45, 2.75) is 20.8 Å². The van der Waals surface area contributed by atoms with E-state index in [1.54, 1.807) is 11.8 Å². The number of amides is 1. The number of para-hydroxylation sites is 1. The second-order valence-electron chi connectivity index (χ2n) is 6.44. The van der Waals surface area contributed by atoms with Crippen LogP contribution in [0, 0.1) is 20.8 Å². The average molecular weight is 368 g/mol. The number of rotatable bonds is 7. The third-order valence-electron chi connectivity index (χ3n) is 4.22. The van der Waals surface area contributed by atoms with Crippen LogP contribution in [0.25, 0.3) is 16.7 Å². The number of nitrogens with one attached hydrogen (secondary N) is 1. The number of hydrogen-bond donors (Lipinski definition) is 1. The smallest absolute Gasteiger partial charge is 0.251 e. The van der Waals surface area contributed by atoms with E-state index in [9.17, 15) is 4.79 Å².